The highest BCUT2D eigenvalue weighted by Gasteiger charge is 2.17. The minimum absolute atomic E-state index is 0.0789. The summed E-state index contributed by atoms with van der Waals surface area (Å²) in [6, 6.07) is 3.55. The number of carbonyl (C=O) groups is 1. The second-order valence-corrected chi connectivity index (χ2v) is 5.45. The van der Waals surface area contributed by atoms with Crippen molar-refractivity contribution in [1.82, 2.24) is 0 Å². The third kappa shape index (κ3) is 3.14. The van der Waals surface area contributed by atoms with Gasteiger partial charge < -0.3 is 16.3 Å². The molecule has 1 aromatic carbocycles. The number of hydrogen-bond donors (Lipinski definition) is 3. The molecule has 8 heteroatoms. The van der Waals surface area contributed by atoms with Crippen molar-refractivity contribution in [3.05, 3.63) is 50.4 Å². The third-order valence-electron chi connectivity index (χ3n) is 2.72. The van der Waals surface area contributed by atoms with Gasteiger partial charge in [0.25, 0.3) is 5.91 Å². The molecule has 0 aliphatic heterocycles. The number of carbonyl (C=O) groups excluding carboxylic acids is 1. The van der Waals surface area contributed by atoms with Crippen LogP contribution in [0.3, 0.4) is 0 Å². The van der Waals surface area contributed by atoms with Crippen molar-refractivity contribution in [3.8, 4) is 0 Å². The number of anilines is 1. The van der Waals surface area contributed by atoms with E-state index in [-0.39, 0.29) is 17.1 Å². The molecule has 0 atom stereocenters. The Bertz CT molecular complexity index is 730. The SMILES string of the molecule is Cc1csc(C(=O)Nc2ccc(F)cc2/C(N)=N/O)c1Cl. The lowest BCUT2D eigenvalue weighted by Crippen LogP contribution is -2.19. The van der Waals surface area contributed by atoms with Gasteiger partial charge in [-0.25, -0.2) is 4.39 Å². The minimum atomic E-state index is -0.570. The summed E-state index contributed by atoms with van der Waals surface area (Å²) in [4.78, 5) is 12.5. The summed E-state index contributed by atoms with van der Waals surface area (Å²) in [6.45, 7) is 1.79. The molecule has 0 aliphatic carbocycles. The van der Waals surface area contributed by atoms with Crippen molar-refractivity contribution >= 4 is 40.4 Å². The Morgan fingerprint density at radius 1 is 1.52 bits per heavy atom. The highest BCUT2D eigenvalue weighted by molar-refractivity contribution is 7.13. The van der Waals surface area contributed by atoms with Gasteiger partial charge in [-0.1, -0.05) is 16.8 Å². The van der Waals surface area contributed by atoms with Gasteiger partial charge in [0.15, 0.2) is 5.84 Å². The highest BCUT2D eigenvalue weighted by atomic mass is 35.5. The minimum Gasteiger partial charge on any atom is -0.409 e. The van der Waals surface area contributed by atoms with E-state index in [1.54, 1.807) is 12.3 Å². The molecule has 5 nitrogen and oxygen atoms in total. The first-order valence-corrected chi connectivity index (χ1v) is 7.02. The van der Waals surface area contributed by atoms with Crippen LogP contribution in [-0.4, -0.2) is 17.0 Å². The van der Waals surface area contributed by atoms with Crippen molar-refractivity contribution < 1.29 is 14.4 Å². The summed E-state index contributed by atoms with van der Waals surface area (Å²) >= 11 is 7.22. The van der Waals surface area contributed by atoms with Crippen molar-refractivity contribution in [2.45, 2.75) is 6.92 Å². The predicted octanol–water partition coefficient (Wildman–Crippen LogP) is 3.20. The van der Waals surface area contributed by atoms with Crippen molar-refractivity contribution in [1.29, 1.82) is 0 Å². The summed E-state index contributed by atoms with van der Waals surface area (Å²) in [5, 5.41) is 16.2. The van der Waals surface area contributed by atoms with Gasteiger partial charge >= 0.3 is 0 Å². The Hall–Kier alpha value is -2.12. The zero-order valence-corrected chi connectivity index (χ0v) is 12.4. The number of amidine groups is 1. The Kier molecular flexibility index (Phi) is 4.44. The van der Waals surface area contributed by atoms with Gasteiger partial charge in [0.05, 0.1) is 10.7 Å². The maximum absolute atomic E-state index is 13.2. The van der Waals surface area contributed by atoms with Crippen LogP contribution in [0, 0.1) is 12.7 Å². The molecule has 0 spiro atoms. The normalized spacial score (nSPS) is 11.5. The van der Waals surface area contributed by atoms with E-state index in [1.807, 2.05) is 0 Å². The van der Waals surface area contributed by atoms with Crippen LogP contribution in [-0.2, 0) is 0 Å². The summed E-state index contributed by atoms with van der Waals surface area (Å²) in [6.07, 6.45) is 0. The summed E-state index contributed by atoms with van der Waals surface area (Å²) in [7, 11) is 0. The highest BCUT2D eigenvalue weighted by Crippen LogP contribution is 2.28. The molecule has 0 unspecified atom stereocenters. The maximum atomic E-state index is 13.2. The monoisotopic (exact) mass is 327 g/mol. The molecule has 21 heavy (non-hydrogen) atoms. The zero-order chi connectivity index (χ0) is 15.6. The van der Waals surface area contributed by atoms with Crippen molar-refractivity contribution in [2.24, 2.45) is 10.9 Å². The van der Waals surface area contributed by atoms with E-state index in [0.717, 1.165) is 17.7 Å². The quantitative estimate of drug-likeness (QED) is 0.350. The number of rotatable bonds is 3. The topological polar surface area (TPSA) is 87.7 Å². The van der Waals surface area contributed by atoms with E-state index < -0.39 is 11.7 Å². The molecule has 110 valence electrons. The third-order valence-corrected chi connectivity index (χ3v) is 4.41. The molecule has 0 saturated carbocycles. The maximum Gasteiger partial charge on any atom is 0.267 e. The fourth-order valence-corrected chi connectivity index (χ4v) is 2.83. The first-order valence-electron chi connectivity index (χ1n) is 5.76. The lowest BCUT2D eigenvalue weighted by molar-refractivity contribution is 0.103. The molecular weight excluding hydrogens is 317 g/mol. The summed E-state index contributed by atoms with van der Waals surface area (Å²) in [5.41, 5.74) is 6.57. The van der Waals surface area contributed by atoms with E-state index in [4.69, 9.17) is 22.5 Å². The first kappa shape index (κ1) is 15.3. The van der Waals surface area contributed by atoms with Gasteiger partial charge in [-0.3, -0.25) is 4.79 Å². The van der Waals surface area contributed by atoms with E-state index >= 15 is 0 Å². The molecule has 1 heterocycles. The molecule has 0 radical (unpaired) electrons. The molecule has 2 rings (SSSR count). The van der Waals surface area contributed by atoms with Crippen LogP contribution in [0.2, 0.25) is 5.02 Å². The summed E-state index contributed by atoms with van der Waals surface area (Å²) in [5.74, 6) is -1.32. The van der Waals surface area contributed by atoms with Crippen LogP contribution in [0.4, 0.5) is 10.1 Å². The van der Waals surface area contributed by atoms with Crippen LogP contribution in [0.25, 0.3) is 0 Å². The molecule has 4 N–H and O–H groups in total. The molecule has 0 fully saturated rings. The Labute approximate surface area is 128 Å². The molecular formula is C13H11ClFN3O2S. The Balaban J connectivity index is 2.36. The van der Waals surface area contributed by atoms with Gasteiger partial charge in [-0.05, 0) is 36.1 Å². The van der Waals surface area contributed by atoms with Gasteiger partial charge in [0, 0.05) is 5.56 Å². The molecule has 0 saturated heterocycles. The van der Waals surface area contributed by atoms with Crippen LogP contribution >= 0.6 is 22.9 Å². The second kappa shape index (κ2) is 6.11. The number of oxime groups is 1. The molecule has 2 aromatic rings. The number of amides is 1. The van der Waals surface area contributed by atoms with E-state index in [9.17, 15) is 9.18 Å². The van der Waals surface area contributed by atoms with Crippen LogP contribution < -0.4 is 11.1 Å². The van der Waals surface area contributed by atoms with E-state index in [2.05, 4.69) is 10.5 Å². The van der Waals surface area contributed by atoms with Gasteiger partial charge in [-0.2, -0.15) is 0 Å². The fourth-order valence-electron chi connectivity index (χ4n) is 1.65. The fraction of sp³-hybridized carbons (Fsp3) is 0.0769. The van der Waals surface area contributed by atoms with Crippen LogP contribution in [0.1, 0.15) is 20.8 Å². The smallest absolute Gasteiger partial charge is 0.267 e. The number of halogens is 2. The lowest BCUT2D eigenvalue weighted by Gasteiger charge is -2.10. The van der Waals surface area contributed by atoms with E-state index in [1.165, 1.54) is 17.4 Å². The number of thiophene rings is 1. The standard InChI is InChI=1S/C13H11ClFN3O2S/c1-6-5-21-11(10(6)14)13(19)17-9-3-2-7(15)4-8(9)12(16)18-20/h2-5,20H,1H3,(H2,16,18)(H,17,19). The predicted molar refractivity (Wildman–Crippen MR) is 80.9 cm³/mol. The molecule has 1 aromatic heterocycles. The molecule has 0 aliphatic rings. The largest absolute Gasteiger partial charge is 0.409 e. The van der Waals surface area contributed by atoms with Crippen LogP contribution in [0.5, 0.6) is 0 Å². The average molecular weight is 328 g/mol. The lowest BCUT2D eigenvalue weighted by atomic mass is 10.1. The number of nitrogens with zero attached hydrogens (tertiary/aromatic N) is 1. The van der Waals surface area contributed by atoms with Gasteiger partial charge in [-0.15, -0.1) is 11.3 Å². The average Bonchev–Trinajstić information content (AvgIpc) is 2.80. The van der Waals surface area contributed by atoms with E-state index in [0.29, 0.717) is 9.90 Å². The van der Waals surface area contributed by atoms with Gasteiger partial charge in [0.2, 0.25) is 0 Å². The second-order valence-electron chi connectivity index (χ2n) is 4.19. The first-order chi connectivity index (χ1) is 9.93. The summed E-state index contributed by atoms with van der Waals surface area (Å²) < 4.78 is 13.2. The Morgan fingerprint density at radius 2 is 2.24 bits per heavy atom. The van der Waals surface area contributed by atoms with Crippen LogP contribution in [0.15, 0.2) is 28.7 Å². The number of aryl methyl sites for hydroxylation is 1. The van der Waals surface area contributed by atoms with Crippen molar-refractivity contribution in [3.63, 3.8) is 0 Å². The molecule has 0 bridgehead atoms. The number of benzene rings is 1. The van der Waals surface area contributed by atoms with Gasteiger partial charge in [0.1, 0.15) is 10.7 Å². The zero-order valence-electron chi connectivity index (χ0n) is 10.9. The number of nitrogens with two attached hydrogens (primary N) is 1. The van der Waals surface area contributed by atoms with Crippen molar-refractivity contribution in [2.75, 3.05) is 5.32 Å². The molecule has 1 amide bonds. The Morgan fingerprint density at radius 3 is 2.81 bits per heavy atom. The number of hydrogen-bond acceptors (Lipinski definition) is 4. The number of nitrogens with one attached hydrogen (secondary N) is 1.